The zero-order chi connectivity index (χ0) is 11.4. The highest BCUT2D eigenvalue weighted by molar-refractivity contribution is 5.96. The molecule has 0 saturated heterocycles. The second kappa shape index (κ2) is 4.36. The molecule has 0 aliphatic heterocycles. The summed E-state index contributed by atoms with van der Waals surface area (Å²) in [5.41, 5.74) is 0.985. The molecule has 5 nitrogen and oxygen atoms in total. The third-order valence-electron chi connectivity index (χ3n) is 2.09. The van der Waals surface area contributed by atoms with Crippen molar-refractivity contribution in [2.45, 2.75) is 6.54 Å². The first-order valence-electron chi connectivity index (χ1n) is 4.65. The number of ketones is 1. The molecule has 5 heteroatoms. The van der Waals surface area contributed by atoms with Crippen LogP contribution in [0.15, 0.2) is 36.9 Å². The Balaban J connectivity index is 2.18. The molecule has 0 amide bonds. The third kappa shape index (κ3) is 2.12. The van der Waals surface area contributed by atoms with Crippen LogP contribution >= 0.6 is 0 Å². The van der Waals surface area contributed by atoms with Gasteiger partial charge in [0.1, 0.15) is 19.2 Å². The summed E-state index contributed by atoms with van der Waals surface area (Å²) >= 11 is 0. The topological polar surface area (TPSA) is 71.6 Å². The zero-order valence-electron chi connectivity index (χ0n) is 8.37. The van der Waals surface area contributed by atoms with Gasteiger partial charge in [0.2, 0.25) is 0 Å². The molecular formula is C11H8N4O. The first kappa shape index (κ1) is 10.1. The maximum Gasteiger partial charge on any atom is 0.184 e. The van der Waals surface area contributed by atoms with Crippen LogP contribution in [0.5, 0.6) is 0 Å². The van der Waals surface area contributed by atoms with Crippen LogP contribution in [-0.2, 0) is 6.54 Å². The van der Waals surface area contributed by atoms with Crippen LogP contribution in [0.25, 0.3) is 0 Å². The highest BCUT2D eigenvalue weighted by Gasteiger charge is 2.07. The van der Waals surface area contributed by atoms with Crippen molar-refractivity contribution in [1.29, 1.82) is 5.26 Å². The Morgan fingerprint density at radius 2 is 2.38 bits per heavy atom. The summed E-state index contributed by atoms with van der Waals surface area (Å²) in [6.45, 7) is 0.134. The average Bonchev–Trinajstić information content (AvgIpc) is 2.82. The Hall–Kier alpha value is -2.48. The van der Waals surface area contributed by atoms with Gasteiger partial charge in [0.05, 0.1) is 11.6 Å². The molecule has 1 heterocycles. The molecule has 1 aromatic carbocycles. The van der Waals surface area contributed by atoms with Gasteiger partial charge in [-0.1, -0.05) is 12.1 Å². The van der Waals surface area contributed by atoms with E-state index in [4.69, 9.17) is 5.26 Å². The maximum atomic E-state index is 11.8. The summed E-state index contributed by atoms with van der Waals surface area (Å²) in [5, 5.41) is 12.6. The molecule has 0 atom stereocenters. The van der Waals surface area contributed by atoms with Gasteiger partial charge in [-0.3, -0.25) is 4.79 Å². The largest absolute Gasteiger partial charge is 0.292 e. The number of nitriles is 1. The van der Waals surface area contributed by atoms with Gasteiger partial charge in [-0.25, -0.2) is 9.67 Å². The molecule has 0 spiro atoms. The summed E-state index contributed by atoms with van der Waals surface area (Å²) in [4.78, 5) is 15.5. The minimum Gasteiger partial charge on any atom is -0.292 e. The molecule has 0 aliphatic rings. The molecule has 0 bridgehead atoms. The van der Waals surface area contributed by atoms with Crippen molar-refractivity contribution in [2.24, 2.45) is 0 Å². The first-order chi connectivity index (χ1) is 7.79. The number of carbonyl (C=O) groups excluding carboxylic acids is 1. The predicted molar refractivity (Wildman–Crippen MR) is 55.5 cm³/mol. The number of aromatic nitrogens is 3. The first-order valence-corrected chi connectivity index (χ1v) is 4.65. The van der Waals surface area contributed by atoms with Crippen LogP contribution in [0, 0.1) is 11.3 Å². The monoisotopic (exact) mass is 212 g/mol. The van der Waals surface area contributed by atoms with Crippen molar-refractivity contribution in [1.82, 2.24) is 14.8 Å². The maximum absolute atomic E-state index is 11.8. The van der Waals surface area contributed by atoms with E-state index in [0.29, 0.717) is 11.1 Å². The fourth-order valence-corrected chi connectivity index (χ4v) is 1.31. The highest BCUT2D eigenvalue weighted by Crippen LogP contribution is 2.05. The van der Waals surface area contributed by atoms with Crippen molar-refractivity contribution in [3.05, 3.63) is 48.0 Å². The number of nitrogens with zero attached hydrogens (tertiary/aromatic N) is 4. The molecule has 0 N–H and O–H groups in total. The van der Waals surface area contributed by atoms with E-state index >= 15 is 0 Å². The van der Waals surface area contributed by atoms with Crippen LogP contribution in [0.4, 0.5) is 0 Å². The average molecular weight is 212 g/mol. The van der Waals surface area contributed by atoms with E-state index in [2.05, 4.69) is 10.1 Å². The molecular weight excluding hydrogens is 204 g/mol. The van der Waals surface area contributed by atoms with Crippen LogP contribution in [0.2, 0.25) is 0 Å². The Morgan fingerprint density at radius 3 is 3.06 bits per heavy atom. The Kier molecular flexibility index (Phi) is 2.74. The molecule has 0 fully saturated rings. The summed E-state index contributed by atoms with van der Waals surface area (Å²) in [6, 6.07) is 8.59. The van der Waals surface area contributed by atoms with Gasteiger partial charge >= 0.3 is 0 Å². The smallest absolute Gasteiger partial charge is 0.184 e. The summed E-state index contributed by atoms with van der Waals surface area (Å²) in [5.74, 6) is -0.0948. The van der Waals surface area contributed by atoms with E-state index < -0.39 is 0 Å². The van der Waals surface area contributed by atoms with E-state index in [1.165, 1.54) is 17.3 Å². The Bertz CT molecular complexity index is 539. The van der Waals surface area contributed by atoms with Gasteiger partial charge in [0.25, 0.3) is 0 Å². The fraction of sp³-hybridized carbons (Fsp3) is 0.0909. The molecule has 78 valence electrons. The molecule has 2 rings (SSSR count). The van der Waals surface area contributed by atoms with Gasteiger partial charge in [-0.2, -0.15) is 10.4 Å². The lowest BCUT2D eigenvalue weighted by Crippen LogP contribution is -2.10. The minimum absolute atomic E-state index is 0.0948. The van der Waals surface area contributed by atoms with Gasteiger partial charge in [-0.15, -0.1) is 0 Å². The molecule has 2 aromatic rings. The molecule has 1 aromatic heterocycles. The number of Topliss-reactive ketones (excluding diaryl/α,β-unsaturated/α-hetero) is 1. The standard InChI is InChI=1S/C11H8N4O/c12-5-9-2-1-3-10(4-9)11(16)6-15-8-13-7-14-15/h1-4,7-8H,6H2. The summed E-state index contributed by atoms with van der Waals surface area (Å²) in [7, 11) is 0. The van der Waals surface area contributed by atoms with Gasteiger partial charge in [-0.05, 0) is 12.1 Å². The number of benzene rings is 1. The SMILES string of the molecule is N#Cc1cccc(C(=O)Cn2cncn2)c1. The number of hydrogen-bond acceptors (Lipinski definition) is 4. The number of hydrogen-bond donors (Lipinski definition) is 0. The normalized spacial score (nSPS) is 9.69. The minimum atomic E-state index is -0.0948. The van der Waals surface area contributed by atoms with Crippen molar-refractivity contribution in [3.63, 3.8) is 0 Å². The Morgan fingerprint density at radius 1 is 1.50 bits per heavy atom. The molecule has 0 unspecified atom stereocenters. The lowest BCUT2D eigenvalue weighted by Gasteiger charge is -2.00. The van der Waals surface area contributed by atoms with Crippen LogP contribution < -0.4 is 0 Å². The molecule has 0 radical (unpaired) electrons. The van der Waals surface area contributed by atoms with Crippen molar-refractivity contribution < 1.29 is 4.79 Å². The number of rotatable bonds is 3. The fourth-order valence-electron chi connectivity index (χ4n) is 1.31. The molecule has 16 heavy (non-hydrogen) atoms. The lowest BCUT2D eigenvalue weighted by molar-refractivity contribution is 0.0967. The van der Waals surface area contributed by atoms with E-state index in [1.807, 2.05) is 6.07 Å². The van der Waals surface area contributed by atoms with Gasteiger partial charge < -0.3 is 0 Å². The van der Waals surface area contributed by atoms with Crippen LogP contribution in [0.1, 0.15) is 15.9 Å². The lowest BCUT2D eigenvalue weighted by atomic mass is 10.1. The quantitative estimate of drug-likeness (QED) is 0.712. The second-order valence-electron chi connectivity index (χ2n) is 3.21. The van der Waals surface area contributed by atoms with Crippen molar-refractivity contribution >= 4 is 5.78 Å². The van der Waals surface area contributed by atoms with Crippen molar-refractivity contribution in [3.8, 4) is 6.07 Å². The third-order valence-corrected chi connectivity index (χ3v) is 2.09. The van der Waals surface area contributed by atoms with E-state index in [1.54, 1.807) is 24.3 Å². The Labute approximate surface area is 92.0 Å². The van der Waals surface area contributed by atoms with E-state index in [-0.39, 0.29) is 12.3 Å². The molecule has 0 saturated carbocycles. The van der Waals surface area contributed by atoms with Gasteiger partial charge in [0.15, 0.2) is 5.78 Å². The highest BCUT2D eigenvalue weighted by atomic mass is 16.1. The molecule has 0 aliphatic carbocycles. The summed E-state index contributed by atoms with van der Waals surface area (Å²) < 4.78 is 1.45. The van der Waals surface area contributed by atoms with E-state index in [9.17, 15) is 4.79 Å². The van der Waals surface area contributed by atoms with Crippen LogP contribution in [0.3, 0.4) is 0 Å². The van der Waals surface area contributed by atoms with E-state index in [0.717, 1.165) is 0 Å². The summed E-state index contributed by atoms with van der Waals surface area (Å²) in [6.07, 6.45) is 2.85. The van der Waals surface area contributed by atoms with Crippen LogP contribution in [-0.4, -0.2) is 20.5 Å². The predicted octanol–water partition coefficient (Wildman–Crippen LogP) is 1.03. The zero-order valence-corrected chi connectivity index (χ0v) is 8.37. The number of carbonyl (C=O) groups is 1. The second-order valence-corrected chi connectivity index (χ2v) is 3.21. The van der Waals surface area contributed by atoms with Gasteiger partial charge in [0, 0.05) is 5.56 Å². The van der Waals surface area contributed by atoms with Crippen molar-refractivity contribution in [2.75, 3.05) is 0 Å².